The molecular weight excluding hydrogens is 404 g/mol. The van der Waals surface area contributed by atoms with Crippen molar-refractivity contribution in [2.24, 2.45) is 0 Å². The molecule has 0 aliphatic heterocycles. The van der Waals surface area contributed by atoms with E-state index in [1.54, 1.807) is 0 Å². The lowest BCUT2D eigenvalue weighted by Crippen LogP contribution is -2.42. The molecular formula is C24H36N6S. The van der Waals surface area contributed by atoms with Crippen LogP contribution >= 0.6 is 12.2 Å². The quantitative estimate of drug-likeness (QED) is 0.540. The Kier molecular flexibility index (Phi) is 8.07. The molecule has 0 unspecified atom stereocenters. The number of nitrogens with zero attached hydrogens (tertiary/aromatic N) is 3. The van der Waals surface area contributed by atoms with Gasteiger partial charge in [-0.2, -0.15) is 0 Å². The Morgan fingerprint density at radius 2 is 1.65 bits per heavy atom. The van der Waals surface area contributed by atoms with E-state index < -0.39 is 0 Å². The third-order valence-electron chi connectivity index (χ3n) is 5.93. The Morgan fingerprint density at radius 1 is 1.03 bits per heavy atom. The van der Waals surface area contributed by atoms with Gasteiger partial charge in [-0.25, -0.2) is 9.97 Å². The van der Waals surface area contributed by atoms with Crippen molar-refractivity contribution >= 4 is 34.7 Å². The summed E-state index contributed by atoms with van der Waals surface area (Å²) in [5, 5.41) is 11.4. The minimum atomic E-state index is 0.404. The molecule has 31 heavy (non-hydrogen) atoms. The van der Waals surface area contributed by atoms with E-state index >= 15 is 0 Å². The van der Waals surface area contributed by atoms with Crippen molar-refractivity contribution in [3.63, 3.8) is 0 Å². The fraction of sp³-hybridized carbons (Fsp3) is 0.542. The van der Waals surface area contributed by atoms with Crippen LogP contribution in [0, 0.1) is 6.92 Å². The van der Waals surface area contributed by atoms with Crippen LogP contribution in [-0.2, 0) is 12.8 Å². The van der Waals surface area contributed by atoms with Gasteiger partial charge >= 0.3 is 0 Å². The van der Waals surface area contributed by atoms with Crippen LogP contribution in [0.3, 0.4) is 0 Å². The number of nitrogens with one attached hydrogen (secondary N) is 3. The molecule has 0 bridgehead atoms. The van der Waals surface area contributed by atoms with E-state index in [4.69, 9.17) is 12.2 Å². The van der Waals surface area contributed by atoms with Crippen LogP contribution in [0.5, 0.6) is 0 Å². The summed E-state index contributed by atoms with van der Waals surface area (Å²) in [6.07, 6.45) is 6.33. The molecule has 6 nitrogen and oxygen atoms in total. The van der Waals surface area contributed by atoms with Gasteiger partial charge in [-0.15, -0.1) is 0 Å². The van der Waals surface area contributed by atoms with Crippen LogP contribution in [0.15, 0.2) is 24.3 Å². The molecule has 0 radical (unpaired) electrons. The summed E-state index contributed by atoms with van der Waals surface area (Å²) in [7, 11) is 4.00. The van der Waals surface area contributed by atoms with Gasteiger partial charge in [0.05, 0.1) is 0 Å². The summed E-state index contributed by atoms with van der Waals surface area (Å²) < 4.78 is 0. The Bertz CT molecular complexity index is 867. The predicted octanol–water partition coefficient (Wildman–Crippen LogP) is 4.69. The summed E-state index contributed by atoms with van der Waals surface area (Å²) in [4.78, 5) is 11.0. The Morgan fingerprint density at radius 3 is 2.23 bits per heavy atom. The summed E-state index contributed by atoms with van der Waals surface area (Å²) >= 11 is 5.66. The first-order valence-electron chi connectivity index (χ1n) is 11.4. The number of hydrogen-bond donors (Lipinski definition) is 3. The zero-order valence-corrected chi connectivity index (χ0v) is 20.3. The second-order valence-corrected chi connectivity index (χ2v) is 8.91. The molecule has 1 aliphatic rings. The number of benzene rings is 1. The molecule has 1 aliphatic carbocycles. The Labute approximate surface area is 192 Å². The molecule has 0 amide bonds. The number of para-hydroxylation sites is 1. The fourth-order valence-electron chi connectivity index (χ4n) is 4.18. The maximum Gasteiger partial charge on any atom is 0.171 e. The van der Waals surface area contributed by atoms with E-state index in [9.17, 15) is 0 Å². The SMILES string of the molecule is CCc1cccc(CC)c1NC(=S)N[C@H]1CC[C@@H](Nc2cc(N(C)C)nc(C)n2)CC1. The van der Waals surface area contributed by atoms with E-state index in [0.29, 0.717) is 12.1 Å². The molecule has 168 valence electrons. The average molecular weight is 441 g/mol. The Balaban J connectivity index is 1.52. The molecule has 2 aromatic rings. The van der Waals surface area contributed by atoms with E-state index in [1.165, 1.54) is 16.8 Å². The Hall–Kier alpha value is -2.41. The average Bonchev–Trinajstić information content (AvgIpc) is 2.74. The highest BCUT2D eigenvalue weighted by atomic mass is 32.1. The second kappa shape index (κ2) is 10.8. The molecule has 1 fully saturated rings. The second-order valence-electron chi connectivity index (χ2n) is 8.50. The van der Waals surface area contributed by atoms with Crippen LogP contribution in [0.25, 0.3) is 0 Å². The van der Waals surface area contributed by atoms with Gasteiger partial charge < -0.3 is 20.9 Å². The van der Waals surface area contributed by atoms with E-state index in [0.717, 1.165) is 61.1 Å². The van der Waals surface area contributed by atoms with Gasteiger partial charge in [0.15, 0.2) is 5.11 Å². The zero-order valence-electron chi connectivity index (χ0n) is 19.5. The minimum Gasteiger partial charge on any atom is -0.367 e. The minimum absolute atomic E-state index is 0.404. The predicted molar refractivity (Wildman–Crippen MR) is 135 cm³/mol. The first-order chi connectivity index (χ1) is 14.9. The largest absolute Gasteiger partial charge is 0.367 e. The molecule has 3 rings (SSSR count). The van der Waals surface area contributed by atoms with E-state index in [1.807, 2.05) is 32.0 Å². The topological polar surface area (TPSA) is 65.1 Å². The van der Waals surface area contributed by atoms with Gasteiger partial charge in [-0.1, -0.05) is 32.0 Å². The van der Waals surface area contributed by atoms with E-state index in [-0.39, 0.29) is 0 Å². The van der Waals surface area contributed by atoms with Crippen molar-refractivity contribution in [1.82, 2.24) is 15.3 Å². The van der Waals surface area contributed by atoms with Crippen LogP contribution < -0.4 is 20.9 Å². The highest BCUT2D eigenvalue weighted by Gasteiger charge is 2.22. The van der Waals surface area contributed by atoms with Gasteiger partial charge in [0.2, 0.25) is 0 Å². The van der Waals surface area contributed by atoms with Crippen LogP contribution in [-0.4, -0.2) is 41.3 Å². The molecule has 3 N–H and O–H groups in total. The fourth-order valence-corrected chi connectivity index (χ4v) is 4.45. The summed E-state index contributed by atoms with van der Waals surface area (Å²) in [6, 6.07) is 9.34. The van der Waals surface area contributed by atoms with Crippen molar-refractivity contribution in [2.45, 2.75) is 71.4 Å². The molecule has 1 aromatic heterocycles. The third-order valence-corrected chi connectivity index (χ3v) is 6.15. The van der Waals surface area contributed by atoms with E-state index in [2.05, 4.69) is 58.0 Å². The van der Waals surface area contributed by atoms with Crippen molar-refractivity contribution in [1.29, 1.82) is 0 Å². The molecule has 1 heterocycles. The lowest BCUT2D eigenvalue weighted by Gasteiger charge is -2.31. The van der Waals surface area contributed by atoms with Crippen molar-refractivity contribution in [2.75, 3.05) is 29.6 Å². The maximum atomic E-state index is 5.66. The number of thiocarbonyl (C=S) groups is 1. The van der Waals surface area contributed by atoms with Crippen LogP contribution in [0.2, 0.25) is 0 Å². The van der Waals surface area contributed by atoms with Crippen molar-refractivity contribution < 1.29 is 0 Å². The summed E-state index contributed by atoms with van der Waals surface area (Å²) in [5.74, 6) is 2.63. The smallest absolute Gasteiger partial charge is 0.171 e. The summed E-state index contributed by atoms with van der Waals surface area (Å²) in [5.41, 5.74) is 3.80. The summed E-state index contributed by atoms with van der Waals surface area (Å²) in [6.45, 7) is 6.31. The molecule has 1 saturated carbocycles. The monoisotopic (exact) mass is 440 g/mol. The first-order valence-corrected chi connectivity index (χ1v) is 11.8. The standard InChI is InChI=1S/C24H36N6S/c1-6-17-9-8-10-18(7-2)23(17)29-24(31)28-20-13-11-19(12-14-20)27-21-15-22(30(4)5)26-16(3)25-21/h8-10,15,19-20H,6-7,11-14H2,1-5H3,(H,25,26,27)(H2,28,29,31)/t19-,20+. The lowest BCUT2D eigenvalue weighted by molar-refractivity contribution is 0.388. The zero-order chi connectivity index (χ0) is 22.4. The highest BCUT2D eigenvalue weighted by molar-refractivity contribution is 7.80. The van der Waals surface area contributed by atoms with Gasteiger partial charge in [0, 0.05) is 37.9 Å². The molecule has 0 saturated heterocycles. The van der Waals surface area contributed by atoms with Gasteiger partial charge in [-0.05, 0) is 68.8 Å². The molecule has 1 aromatic carbocycles. The van der Waals surface area contributed by atoms with Crippen LogP contribution in [0.1, 0.15) is 56.5 Å². The number of aryl methyl sites for hydroxylation is 3. The molecule has 0 spiro atoms. The molecule has 0 atom stereocenters. The number of rotatable bonds is 7. The third kappa shape index (κ3) is 6.29. The normalized spacial score (nSPS) is 18.4. The van der Waals surface area contributed by atoms with Crippen LogP contribution in [0.4, 0.5) is 17.3 Å². The number of aromatic nitrogens is 2. The lowest BCUT2D eigenvalue weighted by atomic mass is 9.91. The van der Waals surface area contributed by atoms with Gasteiger partial charge in [0.1, 0.15) is 17.5 Å². The van der Waals surface area contributed by atoms with Crippen molar-refractivity contribution in [3.05, 3.63) is 41.2 Å². The highest BCUT2D eigenvalue weighted by Crippen LogP contribution is 2.25. The van der Waals surface area contributed by atoms with Gasteiger partial charge in [0.25, 0.3) is 0 Å². The number of hydrogen-bond acceptors (Lipinski definition) is 5. The first kappa shape index (κ1) is 23.3. The molecule has 7 heteroatoms. The number of anilines is 3. The van der Waals surface area contributed by atoms with Crippen molar-refractivity contribution in [3.8, 4) is 0 Å². The maximum absolute atomic E-state index is 5.66. The van der Waals surface area contributed by atoms with Gasteiger partial charge in [-0.3, -0.25) is 0 Å².